The predicted molar refractivity (Wildman–Crippen MR) is 134 cm³/mol. The number of anilines is 2. The van der Waals surface area contributed by atoms with Crippen LogP contribution in [0.3, 0.4) is 0 Å². The fourth-order valence-electron chi connectivity index (χ4n) is 5.25. The third-order valence-electron chi connectivity index (χ3n) is 6.84. The van der Waals surface area contributed by atoms with Gasteiger partial charge in [0.1, 0.15) is 0 Å². The Hall–Kier alpha value is -3.57. The molecule has 6 rings (SSSR count). The zero-order valence-corrected chi connectivity index (χ0v) is 18.8. The van der Waals surface area contributed by atoms with Crippen molar-refractivity contribution < 1.29 is 8.42 Å². The molecule has 2 aliphatic rings. The summed E-state index contributed by atoms with van der Waals surface area (Å²) in [7, 11) is -3.73. The molecular weight excluding hydrogens is 428 g/mol. The smallest absolute Gasteiger partial charge is 0.261 e. The molecule has 1 heterocycles. The van der Waals surface area contributed by atoms with E-state index < -0.39 is 10.0 Å². The summed E-state index contributed by atoms with van der Waals surface area (Å²) >= 11 is 0. The molecule has 0 saturated carbocycles. The third kappa shape index (κ3) is 3.49. The Morgan fingerprint density at radius 1 is 0.848 bits per heavy atom. The maximum absolute atomic E-state index is 13.4. The lowest BCUT2D eigenvalue weighted by Gasteiger charge is -2.37. The van der Waals surface area contributed by atoms with E-state index >= 15 is 0 Å². The molecule has 0 bridgehead atoms. The molecule has 0 amide bonds. The van der Waals surface area contributed by atoms with E-state index in [1.54, 1.807) is 12.1 Å². The first-order valence-electron chi connectivity index (χ1n) is 11.2. The van der Waals surface area contributed by atoms with E-state index in [4.69, 9.17) is 0 Å². The van der Waals surface area contributed by atoms with Crippen molar-refractivity contribution >= 4 is 32.2 Å². The van der Waals surface area contributed by atoms with Crippen LogP contribution < -0.4 is 10.0 Å². The molecule has 4 aromatic carbocycles. The van der Waals surface area contributed by atoms with Crippen LogP contribution in [0.1, 0.15) is 29.5 Å². The molecule has 0 radical (unpaired) electrons. The molecule has 4 aromatic rings. The van der Waals surface area contributed by atoms with Gasteiger partial charge >= 0.3 is 0 Å². The molecule has 1 aliphatic carbocycles. The zero-order chi connectivity index (χ0) is 22.4. The summed E-state index contributed by atoms with van der Waals surface area (Å²) in [6.45, 7) is 0. The average molecular weight is 453 g/mol. The van der Waals surface area contributed by atoms with E-state index in [0.29, 0.717) is 11.6 Å². The second-order valence-corrected chi connectivity index (χ2v) is 10.4. The van der Waals surface area contributed by atoms with Crippen molar-refractivity contribution in [3.63, 3.8) is 0 Å². The van der Waals surface area contributed by atoms with Gasteiger partial charge in [0.2, 0.25) is 0 Å². The van der Waals surface area contributed by atoms with E-state index in [1.165, 1.54) is 5.56 Å². The number of hydrogen-bond acceptors (Lipinski definition) is 3. The largest absolute Gasteiger partial charge is 0.378 e. The zero-order valence-electron chi connectivity index (χ0n) is 18.0. The van der Waals surface area contributed by atoms with Gasteiger partial charge in [0.05, 0.1) is 16.6 Å². The average Bonchev–Trinajstić information content (AvgIpc) is 3.34. The lowest BCUT2D eigenvalue weighted by molar-refractivity contribution is 0.425. The van der Waals surface area contributed by atoms with Crippen LogP contribution in [0.5, 0.6) is 0 Å². The van der Waals surface area contributed by atoms with Gasteiger partial charge in [0.15, 0.2) is 0 Å². The standard InChI is InChI=1S/C28H24N2O2S/c31-33(32,30-27-15-6-11-19-8-4-5-12-22(19)27)21-16-17-26-25(18-21)23-13-7-14-24(23)28(29-26)20-9-2-1-3-10-20/h1-13,15-18,23-24,28-30H,14H2/t23-,24+,28+/m0/s1. The summed E-state index contributed by atoms with van der Waals surface area (Å²) in [4.78, 5) is 0.285. The van der Waals surface area contributed by atoms with Crippen LogP contribution >= 0.6 is 0 Å². The number of rotatable bonds is 4. The summed E-state index contributed by atoms with van der Waals surface area (Å²) < 4.78 is 29.5. The van der Waals surface area contributed by atoms with Crippen molar-refractivity contribution in [3.05, 3.63) is 114 Å². The molecular formula is C28H24N2O2S. The molecule has 0 aromatic heterocycles. The van der Waals surface area contributed by atoms with Gasteiger partial charge in [-0.3, -0.25) is 4.72 Å². The predicted octanol–water partition coefficient (Wildman–Crippen LogP) is 6.47. The number of hydrogen-bond donors (Lipinski definition) is 2. The Bertz CT molecular complexity index is 1470. The molecule has 2 N–H and O–H groups in total. The van der Waals surface area contributed by atoms with Crippen molar-refractivity contribution in [2.75, 3.05) is 10.0 Å². The highest BCUT2D eigenvalue weighted by Gasteiger charge is 2.38. The number of benzene rings is 4. The maximum atomic E-state index is 13.4. The quantitative estimate of drug-likeness (QED) is 0.349. The van der Waals surface area contributed by atoms with E-state index in [2.05, 4.69) is 46.5 Å². The summed E-state index contributed by atoms with van der Waals surface area (Å²) in [5, 5.41) is 5.56. The van der Waals surface area contributed by atoms with Gasteiger partial charge in [0.25, 0.3) is 10.0 Å². The van der Waals surface area contributed by atoms with Crippen LogP contribution in [-0.2, 0) is 10.0 Å². The lowest BCUT2D eigenvalue weighted by Crippen LogP contribution is -2.29. The monoisotopic (exact) mass is 452 g/mol. The summed E-state index contributed by atoms with van der Waals surface area (Å²) in [6, 6.07) is 29.6. The molecule has 0 unspecified atom stereocenters. The molecule has 5 heteroatoms. The normalized spacial score (nSPS) is 21.3. The lowest BCUT2D eigenvalue weighted by atomic mass is 9.77. The van der Waals surface area contributed by atoms with Crippen LogP contribution in [0.2, 0.25) is 0 Å². The van der Waals surface area contributed by atoms with Gasteiger partial charge in [-0.25, -0.2) is 8.42 Å². The van der Waals surface area contributed by atoms with Crippen molar-refractivity contribution in [3.8, 4) is 0 Å². The van der Waals surface area contributed by atoms with Crippen LogP contribution in [0, 0.1) is 5.92 Å². The number of allylic oxidation sites excluding steroid dienone is 2. The minimum absolute atomic E-state index is 0.194. The van der Waals surface area contributed by atoms with E-state index in [0.717, 1.165) is 28.4 Å². The van der Waals surface area contributed by atoms with Crippen LogP contribution in [0.25, 0.3) is 10.8 Å². The fourth-order valence-corrected chi connectivity index (χ4v) is 6.36. The summed E-state index contributed by atoms with van der Waals surface area (Å²) in [6.07, 6.45) is 5.42. The van der Waals surface area contributed by atoms with Gasteiger partial charge in [-0.05, 0) is 53.1 Å². The van der Waals surface area contributed by atoms with Gasteiger partial charge in [-0.1, -0.05) is 78.9 Å². The first kappa shape index (κ1) is 20.1. The number of fused-ring (bicyclic) bond motifs is 4. The Labute approximate surface area is 194 Å². The third-order valence-corrected chi connectivity index (χ3v) is 8.20. The highest BCUT2D eigenvalue weighted by atomic mass is 32.2. The van der Waals surface area contributed by atoms with Crippen LogP contribution in [0.4, 0.5) is 11.4 Å². The second kappa shape index (κ2) is 7.78. The van der Waals surface area contributed by atoms with Crippen molar-refractivity contribution in [1.29, 1.82) is 0 Å². The summed E-state index contributed by atoms with van der Waals surface area (Å²) in [5.74, 6) is 0.558. The van der Waals surface area contributed by atoms with Crippen molar-refractivity contribution in [2.45, 2.75) is 23.3 Å². The fraction of sp³-hybridized carbons (Fsp3) is 0.143. The van der Waals surface area contributed by atoms with E-state index in [9.17, 15) is 8.42 Å². The molecule has 0 spiro atoms. The minimum Gasteiger partial charge on any atom is -0.378 e. The van der Waals surface area contributed by atoms with E-state index in [-0.39, 0.29) is 16.9 Å². The molecule has 33 heavy (non-hydrogen) atoms. The van der Waals surface area contributed by atoms with Crippen molar-refractivity contribution in [2.24, 2.45) is 5.92 Å². The first-order valence-corrected chi connectivity index (χ1v) is 12.7. The number of sulfonamides is 1. The molecule has 0 fully saturated rings. The highest BCUT2D eigenvalue weighted by molar-refractivity contribution is 7.92. The Balaban J connectivity index is 1.37. The number of nitrogens with one attached hydrogen (secondary N) is 2. The molecule has 164 valence electrons. The molecule has 0 saturated heterocycles. The molecule has 1 aliphatic heterocycles. The van der Waals surface area contributed by atoms with Gasteiger partial charge in [0, 0.05) is 17.0 Å². The van der Waals surface area contributed by atoms with Gasteiger partial charge in [-0.15, -0.1) is 0 Å². The van der Waals surface area contributed by atoms with Crippen LogP contribution in [-0.4, -0.2) is 8.42 Å². The van der Waals surface area contributed by atoms with E-state index in [1.807, 2.05) is 54.6 Å². The first-order chi connectivity index (χ1) is 16.1. The van der Waals surface area contributed by atoms with Crippen molar-refractivity contribution in [1.82, 2.24) is 0 Å². The van der Waals surface area contributed by atoms with Crippen LogP contribution in [0.15, 0.2) is 108 Å². The minimum atomic E-state index is -3.73. The summed E-state index contributed by atoms with van der Waals surface area (Å²) in [5.41, 5.74) is 3.89. The maximum Gasteiger partial charge on any atom is 0.261 e. The topological polar surface area (TPSA) is 58.2 Å². The Morgan fingerprint density at radius 3 is 2.52 bits per heavy atom. The SMILES string of the molecule is O=S(=O)(Nc1cccc2ccccc12)c1ccc2c(c1)[C@H]1C=CC[C@H]1[C@@H](c1ccccc1)N2. The van der Waals surface area contributed by atoms with Gasteiger partial charge < -0.3 is 5.32 Å². The Morgan fingerprint density at radius 2 is 1.64 bits per heavy atom. The molecule has 4 nitrogen and oxygen atoms in total. The second-order valence-electron chi connectivity index (χ2n) is 8.77. The highest BCUT2D eigenvalue weighted by Crippen LogP contribution is 2.50. The molecule has 3 atom stereocenters. The van der Waals surface area contributed by atoms with Gasteiger partial charge in [-0.2, -0.15) is 0 Å². The Kier molecular flexibility index (Phi) is 4.73.